The summed E-state index contributed by atoms with van der Waals surface area (Å²) in [5.74, 6) is -1.64. The molecule has 0 fully saturated rings. The van der Waals surface area contributed by atoms with E-state index in [4.69, 9.17) is 4.74 Å². The van der Waals surface area contributed by atoms with Crippen LogP contribution in [0.15, 0.2) is 83.8 Å². The minimum absolute atomic E-state index is 0.00925. The van der Waals surface area contributed by atoms with Gasteiger partial charge in [0.25, 0.3) is 0 Å². The summed E-state index contributed by atoms with van der Waals surface area (Å²) in [7, 11) is -4.13. The van der Waals surface area contributed by atoms with E-state index in [0.717, 1.165) is 28.8 Å². The van der Waals surface area contributed by atoms with Crippen LogP contribution < -0.4 is 4.72 Å². The van der Waals surface area contributed by atoms with Crippen LogP contribution in [0.25, 0.3) is 11.1 Å². The summed E-state index contributed by atoms with van der Waals surface area (Å²) in [5, 5.41) is 0. The average Bonchev–Trinajstić information content (AvgIpc) is 2.72. The lowest BCUT2D eigenvalue weighted by Gasteiger charge is -2.09. The van der Waals surface area contributed by atoms with E-state index >= 15 is 0 Å². The maximum Gasteiger partial charge on any atom is 0.321 e. The molecule has 0 saturated carbocycles. The summed E-state index contributed by atoms with van der Waals surface area (Å²) in [6, 6.07) is 22.3. The Morgan fingerprint density at radius 1 is 0.857 bits per heavy atom. The third-order valence-electron chi connectivity index (χ3n) is 3.99. The molecule has 0 aliphatic heterocycles. The molecule has 0 saturated heterocycles. The van der Waals surface area contributed by atoms with E-state index in [0.29, 0.717) is 0 Å². The molecule has 0 aliphatic carbocycles. The Kier molecular flexibility index (Phi) is 6.18. The summed E-state index contributed by atoms with van der Waals surface area (Å²) in [6.45, 7) is -0.575. The van der Waals surface area contributed by atoms with Crippen molar-refractivity contribution in [2.75, 3.05) is 6.54 Å². The van der Waals surface area contributed by atoms with E-state index < -0.39 is 33.3 Å². The molecule has 3 aromatic rings. The van der Waals surface area contributed by atoms with Gasteiger partial charge < -0.3 is 4.74 Å². The van der Waals surface area contributed by atoms with Crippen LogP contribution in [0.5, 0.6) is 0 Å². The fourth-order valence-corrected chi connectivity index (χ4v) is 3.58. The van der Waals surface area contributed by atoms with Crippen molar-refractivity contribution in [1.29, 1.82) is 0 Å². The molecule has 0 heterocycles. The SMILES string of the molecule is O=C(CNS(=O)(=O)c1ccccc1F)OCc1ccc(-c2ccccc2)cc1. The quantitative estimate of drug-likeness (QED) is 0.617. The second-order valence-electron chi connectivity index (χ2n) is 5.98. The van der Waals surface area contributed by atoms with Gasteiger partial charge in [-0.1, -0.05) is 66.7 Å². The highest BCUT2D eigenvalue weighted by Crippen LogP contribution is 2.19. The third-order valence-corrected chi connectivity index (χ3v) is 5.43. The molecule has 0 aromatic heterocycles. The number of benzene rings is 3. The first kappa shape index (κ1) is 19.7. The number of carbonyl (C=O) groups excluding carboxylic acids is 1. The number of halogens is 1. The highest BCUT2D eigenvalue weighted by molar-refractivity contribution is 7.89. The minimum Gasteiger partial charge on any atom is -0.460 e. The predicted molar refractivity (Wildman–Crippen MR) is 103 cm³/mol. The van der Waals surface area contributed by atoms with Crippen molar-refractivity contribution in [3.63, 3.8) is 0 Å². The van der Waals surface area contributed by atoms with E-state index in [1.54, 1.807) is 0 Å². The fourth-order valence-electron chi connectivity index (χ4n) is 2.53. The normalized spacial score (nSPS) is 11.2. The van der Waals surface area contributed by atoms with E-state index in [-0.39, 0.29) is 6.61 Å². The molecule has 0 atom stereocenters. The molecule has 3 aromatic carbocycles. The van der Waals surface area contributed by atoms with Crippen molar-refractivity contribution in [3.8, 4) is 11.1 Å². The van der Waals surface area contributed by atoms with Crippen molar-refractivity contribution in [3.05, 3.63) is 90.2 Å². The number of esters is 1. The van der Waals surface area contributed by atoms with Gasteiger partial charge in [-0.2, -0.15) is 4.72 Å². The van der Waals surface area contributed by atoms with Gasteiger partial charge in [-0.15, -0.1) is 0 Å². The molecular weight excluding hydrogens is 381 g/mol. The predicted octanol–water partition coefficient (Wildman–Crippen LogP) is 3.51. The molecule has 0 aliphatic rings. The van der Waals surface area contributed by atoms with Gasteiger partial charge in [0.15, 0.2) is 0 Å². The molecule has 28 heavy (non-hydrogen) atoms. The fraction of sp³-hybridized carbons (Fsp3) is 0.0952. The van der Waals surface area contributed by atoms with Crippen LogP contribution >= 0.6 is 0 Å². The van der Waals surface area contributed by atoms with Gasteiger partial charge in [-0.25, -0.2) is 12.8 Å². The van der Waals surface area contributed by atoms with Crippen LogP contribution in [-0.4, -0.2) is 20.9 Å². The number of nitrogens with one attached hydrogen (secondary N) is 1. The number of ether oxygens (including phenoxy) is 1. The number of rotatable bonds is 7. The first-order valence-electron chi connectivity index (χ1n) is 8.50. The number of hydrogen-bond acceptors (Lipinski definition) is 4. The van der Waals surface area contributed by atoms with Crippen LogP contribution in [0, 0.1) is 5.82 Å². The average molecular weight is 399 g/mol. The van der Waals surface area contributed by atoms with Crippen LogP contribution in [0.1, 0.15) is 5.56 Å². The maximum atomic E-state index is 13.6. The lowest BCUT2D eigenvalue weighted by molar-refractivity contribution is -0.143. The molecule has 144 valence electrons. The van der Waals surface area contributed by atoms with Gasteiger partial charge in [-0.05, 0) is 28.8 Å². The van der Waals surface area contributed by atoms with E-state index in [1.807, 2.05) is 59.3 Å². The molecule has 1 N–H and O–H groups in total. The van der Waals surface area contributed by atoms with Crippen molar-refractivity contribution < 1.29 is 22.3 Å². The minimum atomic E-state index is -4.13. The van der Waals surface area contributed by atoms with Crippen LogP contribution in [0.2, 0.25) is 0 Å². The maximum absolute atomic E-state index is 13.6. The van der Waals surface area contributed by atoms with Crippen molar-refractivity contribution in [2.45, 2.75) is 11.5 Å². The number of hydrogen-bond donors (Lipinski definition) is 1. The molecule has 0 bridgehead atoms. The Labute approximate surface area is 162 Å². The smallest absolute Gasteiger partial charge is 0.321 e. The van der Waals surface area contributed by atoms with Crippen molar-refractivity contribution in [2.24, 2.45) is 0 Å². The summed E-state index contributed by atoms with van der Waals surface area (Å²) < 4.78 is 44.8. The Morgan fingerprint density at radius 3 is 2.14 bits per heavy atom. The van der Waals surface area contributed by atoms with Crippen LogP contribution in [-0.2, 0) is 26.2 Å². The summed E-state index contributed by atoms with van der Waals surface area (Å²) >= 11 is 0. The Bertz CT molecular complexity index is 1050. The molecule has 3 rings (SSSR count). The standard InChI is InChI=1S/C21H18FNO4S/c22-19-8-4-5-9-20(19)28(25,26)23-14-21(24)27-15-16-10-12-18(13-11-16)17-6-2-1-3-7-17/h1-13,23H,14-15H2. The lowest BCUT2D eigenvalue weighted by atomic mass is 10.0. The van der Waals surface area contributed by atoms with E-state index in [2.05, 4.69) is 0 Å². The van der Waals surface area contributed by atoms with Crippen LogP contribution in [0.4, 0.5) is 4.39 Å². The van der Waals surface area contributed by atoms with Gasteiger partial charge in [-0.3, -0.25) is 4.79 Å². The first-order chi connectivity index (χ1) is 13.5. The zero-order chi connectivity index (χ0) is 20.0. The van der Waals surface area contributed by atoms with Crippen molar-refractivity contribution >= 4 is 16.0 Å². The van der Waals surface area contributed by atoms with Gasteiger partial charge in [0.2, 0.25) is 10.0 Å². The van der Waals surface area contributed by atoms with Gasteiger partial charge in [0, 0.05) is 0 Å². The second-order valence-corrected chi connectivity index (χ2v) is 7.71. The van der Waals surface area contributed by atoms with Gasteiger partial charge in [0.1, 0.15) is 23.9 Å². The number of carbonyl (C=O) groups is 1. The molecule has 0 spiro atoms. The van der Waals surface area contributed by atoms with E-state index in [1.165, 1.54) is 12.1 Å². The summed E-state index contributed by atoms with van der Waals surface area (Å²) in [4.78, 5) is 11.3. The van der Waals surface area contributed by atoms with Gasteiger partial charge >= 0.3 is 5.97 Å². The first-order valence-corrected chi connectivity index (χ1v) is 9.98. The third kappa shape index (κ3) is 5.03. The molecule has 0 radical (unpaired) electrons. The molecule has 5 nitrogen and oxygen atoms in total. The van der Waals surface area contributed by atoms with Crippen molar-refractivity contribution in [1.82, 2.24) is 4.72 Å². The van der Waals surface area contributed by atoms with Gasteiger partial charge in [0.05, 0.1) is 0 Å². The zero-order valence-electron chi connectivity index (χ0n) is 14.8. The van der Waals surface area contributed by atoms with E-state index in [9.17, 15) is 17.6 Å². The molecule has 0 unspecified atom stereocenters. The molecular formula is C21H18FNO4S. The topological polar surface area (TPSA) is 72.5 Å². The van der Waals surface area contributed by atoms with Crippen LogP contribution in [0.3, 0.4) is 0 Å². The molecule has 7 heteroatoms. The zero-order valence-corrected chi connectivity index (χ0v) is 15.7. The Balaban J connectivity index is 1.53. The number of sulfonamides is 1. The summed E-state index contributed by atoms with van der Waals surface area (Å²) in [5.41, 5.74) is 2.88. The Hall–Kier alpha value is -3.03. The highest BCUT2D eigenvalue weighted by Gasteiger charge is 2.19. The summed E-state index contributed by atoms with van der Waals surface area (Å²) in [6.07, 6.45) is 0. The molecule has 0 amide bonds. The highest BCUT2D eigenvalue weighted by atomic mass is 32.2. The monoisotopic (exact) mass is 399 g/mol. The Morgan fingerprint density at radius 2 is 1.46 bits per heavy atom. The lowest BCUT2D eigenvalue weighted by Crippen LogP contribution is -2.31. The second kappa shape index (κ2) is 8.77. The largest absolute Gasteiger partial charge is 0.460 e.